The van der Waals surface area contributed by atoms with E-state index in [9.17, 15) is 14.7 Å². The predicted molar refractivity (Wildman–Crippen MR) is 97.7 cm³/mol. The molecule has 0 aromatic heterocycles. The molecule has 1 amide bonds. The minimum atomic E-state index is -1.08. The van der Waals surface area contributed by atoms with Gasteiger partial charge in [-0.2, -0.15) is 0 Å². The van der Waals surface area contributed by atoms with Gasteiger partial charge >= 0.3 is 5.97 Å². The topological polar surface area (TPSA) is 84.9 Å². The Bertz CT molecular complexity index is 781. The van der Waals surface area contributed by atoms with Crippen molar-refractivity contribution in [3.05, 3.63) is 54.1 Å². The van der Waals surface area contributed by atoms with Crippen molar-refractivity contribution in [1.29, 1.82) is 0 Å². The first-order valence-corrected chi connectivity index (χ1v) is 9.21. The predicted octanol–water partition coefficient (Wildman–Crippen LogP) is 2.88. The van der Waals surface area contributed by atoms with Gasteiger partial charge in [-0.05, 0) is 23.8 Å². The number of hydrogen-bond acceptors (Lipinski definition) is 5. The molecule has 7 heteroatoms. The van der Waals surface area contributed by atoms with Gasteiger partial charge in [0.2, 0.25) is 5.91 Å². The lowest BCUT2D eigenvalue weighted by Gasteiger charge is -2.18. The maximum absolute atomic E-state index is 12.1. The van der Waals surface area contributed by atoms with Gasteiger partial charge in [-0.25, -0.2) is 4.79 Å². The lowest BCUT2D eigenvalue weighted by molar-refractivity contribution is -0.142. The number of amides is 1. The minimum absolute atomic E-state index is 0.218. The molecule has 2 aromatic carbocycles. The Labute approximate surface area is 155 Å². The van der Waals surface area contributed by atoms with Crippen molar-refractivity contribution in [1.82, 2.24) is 5.32 Å². The Hall–Kier alpha value is -2.67. The SMILES string of the molecule is O=C(CCSc1ccc2c(c1)OCCO2)N[C@H](C(=O)O)c1ccccc1. The monoisotopic (exact) mass is 373 g/mol. The molecule has 1 aliphatic rings. The number of aliphatic carboxylic acids is 1. The molecule has 0 spiro atoms. The Morgan fingerprint density at radius 1 is 1.08 bits per heavy atom. The number of nitrogens with one attached hydrogen (secondary N) is 1. The number of carboxylic acid groups (broad SMARTS) is 1. The van der Waals surface area contributed by atoms with Crippen molar-refractivity contribution in [2.45, 2.75) is 17.4 Å². The minimum Gasteiger partial charge on any atom is -0.486 e. The van der Waals surface area contributed by atoms with Crippen LogP contribution in [0.25, 0.3) is 0 Å². The first-order chi connectivity index (χ1) is 12.6. The van der Waals surface area contributed by atoms with E-state index in [4.69, 9.17) is 9.47 Å². The van der Waals surface area contributed by atoms with Crippen molar-refractivity contribution < 1.29 is 24.2 Å². The maximum Gasteiger partial charge on any atom is 0.330 e. The number of carboxylic acids is 1. The summed E-state index contributed by atoms with van der Waals surface area (Å²) in [5.74, 6) is 0.591. The third kappa shape index (κ3) is 4.70. The smallest absolute Gasteiger partial charge is 0.330 e. The van der Waals surface area contributed by atoms with Crippen molar-refractivity contribution in [3.63, 3.8) is 0 Å². The zero-order valence-corrected chi connectivity index (χ0v) is 14.8. The second-order valence-electron chi connectivity index (χ2n) is 5.65. The van der Waals surface area contributed by atoms with Gasteiger partial charge in [-0.3, -0.25) is 4.79 Å². The fourth-order valence-electron chi connectivity index (χ4n) is 2.54. The van der Waals surface area contributed by atoms with Gasteiger partial charge in [0, 0.05) is 17.1 Å². The zero-order valence-electron chi connectivity index (χ0n) is 14.0. The molecular weight excluding hydrogens is 354 g/mol. The van der Waals surface area contributed by atoms with E-state index in [-0.39, 0.29) is 12.3 Å². The van der Waals surface area contributed by atoms with Crippen LogP contribution in [0.1, 0.15) is 18.0 Å². The zero-order chi connectivity index (χ0) is 18.4. The first-order valence-electron chi connectivity index (χ1n) is 8.23. The standard InChI is InChI=1S/C19H19NO5S/c21-17(20-18(19(22)23)13-4-2-1-3-5-13)8-11-26-14-6-7-15-16(12-14)25-10-9-24-15/h1-7,12,18H,8-11H2,(H,20,21)(H,22,23)/t18-/m0/s1. The average molecular weight is 373 g/mol. The fraction of sp³-hybridized carbons (Fsp3) is 0.263. The molecule has 0 fully saturated rings. The molecule has 6 nitrogen and oxygen atoms in total. The number of thioether (sulfide) groups is 1. The van der Waals surface area contributed by atoms with Gasteiger partial charge in [-0.1, -0.05) is 30.3 Å². The van der Waals surface area contributed by atoms with E-state index in [1.165, 1.54) is 11.8 Å². The Kier molecular flexibility index (Phi) is 6.01. The number of carbonyl (C=O) groups is 2. The molecule has 1 atom stereocenters. The highest BCUT2D eigenvalue weighted by Crippen LogP contribution is 2.34. The highest BCUT2D eigenvalue weighted by atomic mass is 32.2. The van der Waals surface area contributed by atoms with Crippen LogP contribution in [0, 0.1) is 0 Å². The molecule has 0 saturated carbocycles. The van der Waals surface area contributed by atoms with Crippen LogP contribution in [-0.4, -0.2) is 35.9 Å². The second kappa shape index (κ2) is 8.62. The van der Waals surface area contributed by atoms with Gasteiger partial charge in [-0.15, -0.1) is 11.8 Å². The summed E-state index contributed by atoms with van der Waals surface area (Å²) in [6.45, 7) is 1.07. The quantitative estimate of drug-likeness (QED) is 0.726. The summed E-state index contributed by atoms with van der Waals surface area (Å²) in [6, 6.07) is 13.3. The summed E-state index contributed by atoms with van der Waals surface area (Å²) in [6.07, 6.45) is 0.218. The van der Waals surface area contributed by atoms with Gasteiger partial charge < -0.3 is 19.9 Å². The Balaban J connectivity index is 1.51. The molecule has 0 unspecified atom stereocenters. The van der Waals surface area contributed by atoms with E-state index in [1.54, 1.807) is 30.3 Å². The van der Waals surface area contributed by atoms with E-state index < -0.39 is 12.0 Å². The third-order valence-electron chi connectivity index (χ3n) is 3.80. The number of ether oxygens (including phenoxy) is 2. The third-order valence-corrected chi connectivity index (χ3v) is 4.79. The van der Waals surface area contributed by atoms with Gasteiger partial charge in [0.15, 0.2) is 17.5 Å². The van der Waals surface area contributed by atoms with Gasteiger partial charge in [0.1, 0.15) is 13.2 Å². The van der Waals surface area contributed by atoms with Crippen molar-refractivity contribution in [2.75, 3.05) is 19.0 Å². The number of hydrogen-bond donors (Lipinski definition) is 2. The molecule has 2 N–H and O–H groups in total. The lowest BCUT2D eigenvalue weighted by Crippen LogP contribution is -2.33. The highest BCUT2D eigenvalue weighted by Gasteiger charge is 2.21. The molecular formula is C19H19NO5S. The molecule has 1 aliphatic heterocycles. The number of benzene rings is 2. The van der Waals surface area contributed by atoms with Crippen LogP contribution >= 0.6 is 11.8 Å². The summed E-state index contributed by atoms with van der Waals surface area (Å²) < 4.78 is 11.0. The van der Waals surface area contributed by atoms with Crippen LogP contribution in [0.2, 0.25) is 0 Å². The van der Waals surface area contributed by atoms with Gasteiger partial charge in [0.05, 0.1) is 0 Å². The van der Waals surface area contributed by atoms with Crippen LogP contribution < -0.4 is 14.8 Å². The van der Waals surface area contributed by atoms with Crippen molar-refractivity contribution in [2.24, 2.45) is 0 Å². The second-order valence-corrected chi connectivity index (χ2v) is 6.82. The van der Waals surface area contributed by atoms with Crippen LogP contribution in [0.3, 0.4) is 0 Å². The summed E-state index contributed by atoms with van der Waals surface area (Å²) in [4.78, 5) is 24.5. The largest absolute Gasteiger partial charge is 0.486 e. The van der Waals surface area contributed by atoms with E-state index in [0.29, 0.717) is 30.3 Å². The average Bonchev–Trinajstić information content (AvgIpc) is 2.66. The Morgan fingerprint density at radius 2 is 1.81 bits per heavy atom. The van der Waals surface area contributed by atoms with Crippen LogP contribution in [-0.2, 0) is 9.59 Å². The van der Waals surface area contributed by atoms with E-state index in [0.717, 1.165) is 10.6 Å². The van der Waals surface area contributed by atoms with E-state index in [2.05, 4.69) is 5.32 Å². The molecule has 0 aliphatic carbocycles. The molecule has 3 rings (SSSR count). The summed E-state index contributed by atoms with van der Waals surface area (Å²) in [5.41, 5.74) is 0.549. The normalized spacial score (nSPS) is 13.7. The van der Waals surface area contributed by atoms with Gasteiger partial charge in [0.25, 0.3) is 0 Å². The summed E-state index contributed by atoms with van der Waals surface area (Å²) >= 11 is 1.51. The molecule has 136 valence electrons. The summed E-state index contributed by atoms with van der Waals surface area (Å²) in [5, 5.41) is 11.9. The lowest BCUT2D eigenvalue weighted by atomic mass is 10.1. The van der Waals surface area contributed by atoms with Crippen LogP contribution in [0.4, 0.5) is 0 Å². The van der Waals surface area contributed by atoms with Crippen LogP contribution in [0.15, 0.2) is 53.4 Å². The molecule has 2 aromatic rings. The molecule has 0 bridgehead atoms. The molecule has 0 saturated heterocycles. The first kappa shape index (κ1) is 18.1. The van der Waals surface area contributed by atoms with E-state index >= 15 is 0 Å². The van der Waals surface area contributed by atoms with Crippen LogP contribution in [0.5, 0.6) is 11.5 Å². The van der Waals surface area contributed by atoms with Crippen molar-refractivity contribution in [3.8, 4) is 11.5 Å². The fourth-order valence-corrected chi connectivity index (χ4v) is 3.42. The highest BCUT2D eigenvalue weighted by molar-refractivity contribution is 7.99. The van der Waals surface area contributed by atoms with Crippen molar-refractivity contribution >= 4 is 23.6 Å². The molecule has 26 heavy (non-hydrogen) atoms. The maximum atomic E-state index is 12.1. The summed E-state index contributed by atoms with van der Waals surface area (Å²) in [7, 11) is 0. The molecule has 1 heterocycles. The number of carbonyl (C=O) groups excluding carboxylic acids is 1. The number of rotatable bonds is 7. The Morgan fingerprint density at radius 3 is 2.54 bits per heavy atom. The molecule has 0 radical (unpaired) electrons. The van der Waals surface area contributed by atoms with E-state index in [1.807, 2.05) is 18.2 Å². The number of fused-ring (bicyclic) bond motifs is 1.